The zero-order chi connectivity index (χ0) is 14.9. The number of hydrogen-bond donors (Lipinski definition) is 1. The summed E-state index contributed by atoms with van der Waals surface area (Å²) in [5.74, 6) is -1.49. The SMILES string of the molecule is CS(=O)(=O)N1CCN(C(=O)C2CCC(C(=O)O)C2)CC1. The molecule has 1 aliphatic heterocycles. The zero-order valence-electron chi connectivity index (χ0n) is 11.5. The van der Waals surface area contributed by atoms with Gasteiger partial charge in [0, 0.05) is 32.1 Å². The van der Waals surface area contributed by atoms with E-state index in [9.17, 15) is 18.0 Å². The van der Waals surface area contributed by atoms with Crippen molar-refractivity contribution in [2.75, 3.05) is 32.4 Å². The molecule has 2 aliphatic rings. The maximum Gasteiger partial charge on any atom is 0.306 e. The molecule has 0 radical (unpaired) electrons. The summed E-state index contributed by atoms with van der Waals surface area (Å²) in [5, 5.41) is 8.95. The molecule has 1 N–H and O–H groups in total. The number of carbonyl (C=O) groups excluding carboxylic acids is 1. The molecule has 20 heavy (non-hydrogen) atoms. The summed E-state index contributed by atoms with van der Waals surface area (Å²) >= 11 is 0. The number of aliphatic carboxylic acids is 1. The average Bonchev–Trinajstić information content (AvgIpc) is 2.86. The summed E-state index contributed by atoms with van der Waals surface area (Å²) in [5.41, 5.74) is 0. The van der Waals surface area contributed by atoms with Gasteiger partial charge in [-0.05, 0) is 19.3 Å². The van der Waals surface area contributed by atoms with Gasteiger partial charge < -0.3 is 10.0 Å². The van der Waals surface area contributed by atoms with Crippen molar-refractivity contribution in [3.05, 3.63) is 0 Å². The number of nitrogens with zero attached hydrogens (tertiary/aromatic N) is 2. The Kier molecular flexibility index (Phi) is 4.33. The van der Waals surface area contributed by atoms with E-state index in [-0.39, 0.29) is 11.8 Å². The first-order chi connectivity index (χ1) is 9.29. The molecule has 2 unspecified atom stereocenters. The lowest BCUT2D eigenvalue weighted by atomic mass is 10.0. The fourth-order valence-electron chi connectivity index (χ4n) is 2.93. The highest BCUT2D eigenvalue weighted by Gasteiger charge is 2.37. The van der Waals surface area contributed by atoms with Crippen molar-refractivity contribution in [2.45, 2.75) is 19.3 Å². The summed E-state index contributed by atoms with van der Waals surface area (Å²) in [7, 11) is -3.20. The monoisotopic (exact) mass is 304 g/mol. The Bertz CT molecular complexity index is 496. The molecule has 0 spiro atoms. The molecule has 1 saturated carbocycles. The van der Waals surface area contributed by atoms with Gasteiger partial charge in [0.15, 0.2) is 0 Å². The van der Waals surface area contributed by atoms with E-state index in [1.165, 1.54) is 10.6 Å². The summed E-state index contributed by atoms with van der Waals surface area (Å²) in [6.45, 7) is 1.42. The van der Waals surface area contributed by atoms with Crippen LogP contribution in [0.1, 0.15) is 19.3 Å². The number of sulfonamides is 1. The summed E-state index contributed by atoms with van der Waals surface area (Å²) in [6.07, 6.45) is 2.73. The van der Waals surface area contributed by atoms with E-state index in [0.29, 0.717) is 45.4 Å². The highest BCUT2D eigenvalue weighted by atomic mass is 32.2. The number of carboxylic acids is 1. The third kappa shape index (κ3) is 3.29. The molecule has 2 atom stereocenters. The van der Waals surface area contributed by atoms with Crippen LogP contribution in [0.4, 0.5) is 0 Å². The molecule has 1 aliphatic carbocycles. The van der Waals surface area contributed by atoms with E-state index in [4.69, 9.17) is 5.11 Å². The fraction of sp³-hybridized carbons (Fsp3) is 0.833. The van der Waals surface area contributed by atoms with Crippen molar-refractivity contribution in [3.63, 3.8) is 0 Å². The number of carbonyl (C=O) groups is 2. The molecule has 2 fully saturated rings. The van der Waals surface area contributed by atoms with Gasteiger partial charge in [-0.2, -0.15) is 4.31 Å². The normalized spacial score (nSPS) is 28.6. The molecular weight excluding hydrogens is 284 g/mol. The molecule has 0 aromatic carbocycles. The molecular formula is C12H20N2O5S. The molecule has 114 valence electrons. The maximum atomic E-state index is 12.3. The number of amides is 1. The highest BCUT2D eigenvalue weighted by molar-refractivity contribution is 7.88. The van der Waals surface area contributed by atoms with Crippen molar-refractivity contribution >= 4 is 21.9 Å². The van der Waals surface area contributed by atoms with E-state index in [1.807, 2.05) is 0 Å². The minimum absolute atomic E-state index is 0.0260. The molecule has 1 heterocycles. The van der Waals surface area contributed by atoms with Crippen LogP contribution in [0.2, 0.25) is 0 Å². The van der Waals surface area contributed by atoms with E-state index in [0.717, 1.165) is 0 Å². The van der Waals surface area contributed by atoms with Crippen molar-refractivity contribution < 1.29 is 23.1 Å². The fourth-order valence-corrected chi connectivity index (χ4v) is 3.76. The van der Waals surface area contributed by atoms with Crippen molar-refractivity contribution in [1.82, 2.24) is 9.21 Å². The van der Waals surface area contributed by atoms with Crippen LogP contribution in [-0.4, -0.2) is 67.0 Å². The Balaban J connectivity index is 1.88. The van der Waals surface area contributed by atoms with Gasteiger partial charge in [-0.15, -0.1) is 0 Å². The number of carboxylic acid groups (broad SMARTS) is 1. The van der Waals surface area contributed by atoms with Crippen molar-refractivity contribution in [3.8, 4) is 0 Å². The Morgan fingerprint density at radius 2 is 1.60 bits per heavy atom. The predicted molar refractivity (Wildman–Crippen MR) is 71.5 cm³/mol. The molecule has 0 aromatic heterocycles. The molecule has 0 aromatic rings. The van der Waals surface area contributed by atoms with Gasteiger partial charge in [-0.1, -0.05) is 0 Å². The van der Waals surface area contributed by atoms with Gasteiger partial charge in [0.1, 0.15) is 0 Å². The van der Waals surface area contributed by atoms with Crippen LogP contribution in [0.25, 0.3) is 0 Å². The first-order valence-electron chi connectivity index (χ1n) is 6.75. The summed E-state index contributed by atoms with van der Waals surface area (Å²) < 4.78 is 24.2. The Hall–Kier alpha value is -1.15. The van der Waals surface area contributed by atoms with Crippen LogP contribution in [0, 0.1) is 11.8 Å². The molecule has 1 amide bonds. The van der Waals surface area contributed by atoms with Crippen LogP contribution in [-0.2, 0) is 19.6 Å². The van der Waals surface area contributed by atoms with Crippen molar-refractivity contribution in [1.29, 1.82) is 0 Å². The van der Waals surface area contributed by atoms with Crippen LogP contribution in [0.15, 0.2) is 0 Å². The molecule has 8 heteroatoms. The topological polar surface area (TPSA) is 95.0 Å². The van der Waals surface area contributed by atoms with Crippen LogP contribution in [0.3, 0.4) is 0 Å². The van der Waals surface area contributed by atoms with Gasteiger partial charge >= 0.3 is 5.97 Å². The first kappa shape index (κ1) is 15.2. The van der Waals surface area contributed by atoms with Gasteiger partial charge in [0.05, 0.1) is 12.2 Å². The first-order valence-corrected chi connectivity index (χ1v) is 8.60. The average molecular weight is 304 g/mol. The lowest BCUT2D eigenvalue weighted by molar-refractivity contribution is -0.141. The minimum Gasteiger partial charge on any atom is -0.481 e. The highest BCUT2D eigenvalue weighted by Crippen LogP contribution is 2.32. The quantitative estimate of drug-likeness (QED) is 0.765. The van der Waals surface area contributed by atoms with Gasteiger partial charge in [-0.25, -0.2) is 8.42 Å². The minimum atomic E-state index is -3.20. The Morgan fingerprint density at radius 1 is 1.05 bits per heavy atom. The lowest BCUT2D eigenvalue weighted by Crippen LogP contribution is -2.51. The van der Waals surface area contributed by atoms with E-state index in [2.05, 4.69) is 0 Å². The lowest BCUT2D eigenvalue weighted by Gasteiger charge is -2.34. The predicted octanol–water partition coefficient (Wildman–Crippen LogP) is -0.409. The van der Waals surface area contributed by atoms with E-state index < -0.39 is 21.9 Å². The Labute approximate surface area is 118 Å². The van der Waals surface area contributed by atoms with Gasteiger partial charge in [0.25, 0.3) is 0 Å². The van der Waals surface area contributed by atoms with Gasteiger partial charge in [-0.3, -0.25) is 9.59 Å². The maximum absolute atomic E-state index is 12.3. The molecule has 2 rings (SSSR count). The second-order valence-corrected chi connectivity index (χ2v) is 7.51. The van der Waals surface area contributed by atoms with E-state index >= 15 is 0 Å². The van der Waals surface area contributed by atoms with Crippen LogP contribution < -0.4 is 0 Å². The number of rotatable bonds is 3. The zero-order valence-corrected chi connectivity index (χ0v) is 12.3. The number of piperazine rings is 1. The van der Waals surface area contributed by atoms with Crippen LogP contribution in [0.5, 0.6) is 0 Å². The third-order valence-electron chi connectivity index (χ3n) is 4.15. The molecule has 1 saturated heterocycles. The molecule has 7 nitrogen and oxygen atoms in total. The standard InChI is InChI=1S/C12H20N2O5S/c1-20(18,19)14-6-4-13(5-7-14)11(15)9-2-3-10(8-9)12(16)17/h9-10H,2-8H2,1H3,(H,16,17). The second kappa shape index (κ2) is 5.69. The van der Waals surface area contributed by atoms with Crippen LogP contribution >= 0.6 is 0 Å². The number of hydrogen-bond acceptors (Lipinski definition) is 4. The second-order valence-electron chi connectivity index (χ2n) is 5.53. The summed E-state index contributed by atoms with van der Waals surface area (Å²) in [6, 6.07) is 0. The summed E-state index contributed by atoms with van der Waals surface area (Å²) in [4.78, 5) is 24.9. The smallest absolute Gasteiger partial charge is 0.306 e. The third-order valence-corrected chi connectivity index (χ3v) is 5.45. The molecule has 0 bridgehead atoms. The van der Waals surface area contributed by atoms with Crippen molar-refractivity contribution in [2.24, 2.45) is 11.8 Å². The Morgan fingerprint density at radius 3 is 2.05 bits per heavy atom. The van der Waals surface area contributed by atoms with E-state index in [1.54, 1.807) is 4.90 Å². The van der Waals surface area contributed by atoms with Gasteiger partial charge in [0.2, 0.25) is 15.9 Å². The largest absolute Gasteiger partial charge is 0.481 e.